The number of nitrogens with zero attached hydrogens (tertiary/aromatic N) is 3. The molecule has 1 atom stereocenters. The van der Waals surface area contributed by atoms with Gasteiger partial charge >= 0.3 is 5.97 Å². The number of ether oxygens (including phenoxy) is 1. The summed E-state index contributed by atoms with van der Waals surface area (Å²) in [7, 11) is 1.91. The van der Waals surface area contributed by atoms with Gasteiger partial charge in [0.2, 0.25) is 0 Å². The molecule has 1 heterocycles. The molecule has 1 unspecified atom stereocenters. The van der Waals surface area contributed by atoms with Crippen molar-refractivity contribution in [3.8, 4) is 0 Å². The Kier molecular flexibility index (Phi) is 4.79. The van der Waals surface area contributed by atoms with Gasteiger partial charge in [0.05, 0.1) is 12.5 Å². The lowest BCUT2D eigenvalue weighted by atomic mass is 10.2. The Morgan fingerprint density at radius 3 is 2.75 bits per heavy atom. The Morgan fingerprint density at radius 2 is 2.25 bits per heavy atom. The van der Waals surface area contributed by atoms with Crippen LogP contribution < -0.4 is 0 Å². The van der Waals surface area contributed by atoms with Gasteiger partial charge in [-0.25, -0.2) is 0 Å². The summed E-state index contributed by atoms with van der Waals surface area (Å²) in [6, 6.07) is 0. The molecule has 6 heteroatoms. The van der Waals surface area contributed by atoms with Gasteiger partial charge in [-0.2, -0.15) is 0 Å². The van der Waals surface area contributed by atoms with Crippen molar-refractivity contribution in [1.29, 1.82) is 0 Å². The second-order valence-corrected chi connectivity index (χ2v) is 4.54. The van der Waals surface area contributed by atoms with Crippen LogP contribution in [0.4, 0.5) is 0 Å². The minimum atomic E-state index is -0.158. The highest BCUT2D eigenvalue weighted by Gasteiger charge is 2.16. The molecule has 0 aliphatic rings. The normalized spacial score (nSPS) is 12.5. The zero-order valence-electron chi connectivity index (χ0n) is 10.1. The van der Waals surface area contributed by atoms with Gasteiger partial charge in [0.25, 0.3) is 0 Å². The second-order valence-electron chi connectivity index (χ2n) is 3.55. The molecule has 0 bridgehead atoms. The van der Waals surface area contributed by atoms with Gasteiger partial charge in [0.1, 0.15) is 5.82 Å². The van der Waals surface area contributed by atoms with E-state index in [0.717, 1.165) is 11.0 Å². The number of hydrogen-bond acceptors (Lipinski definition) is 5. The van der Waals surface area contributed by atoms with Gasteiger partial charge < -0.3 is 9.30 Å². The van der Waals surface area contributed by atoms with Crippen molar-refractivity contribution < 1.29 is 9.53 Å². The second kappa shape index (κ2) is 5.89. The maximum absolute atomic E-state index is 11.4. The summed E-state index contributed by atoms with van der Waals surface area (Å²) in [6.07, 6.45) is 0. The molecule has 0 aromatic carbocycles. The molecule has 1 rings (SSSR count). The number of carbonyl (C=O) groups is 1. The zero-order chi connectivity index (χ0) is 12.1. The first-order valence-corrected chi connectivity index (χ1v) is 6.20. The van der Waals surface area contributed by atoms with Crippen molar-refractivity contribution in [1.82, 2.24) is 14.8 Å². The molecule has 0 amide bonds. The van der Waals surface area contributed by atoms with Gasteiger partial charge in [-0.05, 0) is 13.8 Å². The highest BCUT2D eigenvalue weighted by molar-refractivity contribution is 7.99. The summed E-state index contributed by atoms with van der Waals surface area (Å²) in [5.74, 6) is 1.24. The number of hydrogen-bond donors (Lipinski definition) is 0. The molecule has 0 radical (unpaired) electrons. The molecule has 0 fully saturated rings. The van der Waals surface area contributed by atoms with E-state index in [1.54, 1.807) is 0 Å². The summed E-state index contributed by atoms with van der Waals surface area (Å²) in [5.41, 5.74) is 0. The van der Waals surface area contributed by atoms with Crippen molar-refractivity contribution >= 4 is 17.7 Å². The fourth-order valence-electron chi connectivity index (χ4n) is 1.07. The smallest absolute Gasteiger partial charge is 0.309 e. The first-order chi connectivity index (χ1) is 7.56. The van der Waals surface area contributed by atoms with Crippen LogP contribution in [0.1, 0.15) is 19.7 Å². The van der Waals surface area contributed by atoms with E-state index in [0.29, 0.717) is 12.4 Å². The average molecular weight is 243 g/mol. The quantitative estimate of drug-likeness (QED) is 0.578. The molecule has 0 saturated carbocycles. The van der Waals surface area contributed by atoms with E-state index in [-0.39, 0.29) is 11.9 Å². The largest absolute Gasteiger partial charge is 0.466 e. The molecule has 0 N–H and O–H groups in total. The van der Waals surface area contributed by atoms with Crippen LogP contribution in [-0.2, 0) is 16.6 Å². The maximum Gasteiger partial charge on any atom is 0.309 e. The van der Waals surface area contributed by atoms with E-state index in [9.17, 15) is 4.79 Å². The minimum Gasteiger partial charge on any atom is -0.466 e. The maximum atomic E-state index is 11.4. The fourth-order valence-corrected chi connectivity index (χ4v) is 2.02. The Balaban J connectivity index is 2.45. The van der Waals surface area contributed by atoms with E-state index >= 15 is 0 Å². The zero-order valence-corrected chi connectivity index (χ0v) is 10.9. The van der Waals surface area contributed by atoms with Crippen LogP contribution in [0.3, 0.4) is 0 Å². The molecule has 90 valence electrons. The number of aryl methyl sites for hydroxylation is 1. The van der Waals surface area contributed by atoms with Crippen LogP contribution in [-0.4, -0.2) is 33.1 Å². The molecule has 1 aromatic heterocycles. The SMILES string of the molecule is CCOC(=O)C(C)CSc1nnc(C)n1C. The van der Waals surface area contributed by atoms with E-state index in [1.807, 2.05) is 32.4 Å². The van der Waals surface area contributed by atoms with Crippen LogP contribution in [0.2, 0.25) is 0 Å². The topological polar surface area (TPSA) is 57.0 Å². The van der Waals surface area contributed by atoms with Crippen LogP contribution in [0.5, 0.6) is 0 Å². The summed E-state index contributed by atoms with van der Waals surface area (Å²) in [6.45, 7) is 5.99. The lowest BCUT2D eigenvalue weighted by Gasteiger charge is -2.09. The molecular weight excluding hydrogens is 226 g/mol. The van der Waals surface area contributed by atoms with Gasteiger partial charge in [-0.3, -0.25) is 4.79 Å². The van der Waals surface area contributed by atoms with Crippen molar-refractivity contribution in [2.75, 3.05) is 12.4 Å². The molecule has 5 nitrogen and oxygen atoms in total. The number of esters is 1. The van der Waals surface area contributed by atoms with E-state index in [4.69, 9.17) is 4.74 Å². The van der Waals surface area contributed by atoms with Crippen LogP contribution in [0.25, 0.3) is 0 Å². The van der Waals surface area contributed by atoms with Crippen molar-refractivity contribution in [3.63, 3.8) is 0 Å². The molecule has 0 spiro atoms. The number of carbonyl (C=O) groups excluding carboxylic acids is 1. The Hall–Kier alpha value is -1.04. The third-order valence-corrected chi connectivity index (χ3v) is 3.48. The summed E-state index contributed by atoms with van der Waals surface area (Å²) in [5, 5.41) is 8.80. The monoisotopic (exact) mass is 243 g/mol. The number of aromatic nitrogens is 3. The lowest BCUT2D eigenvalue weighted by Crippen LogP contribution is -2.17. The molecule has 0 aliphatic heterocycles. The van der Waals surface area contributed by atoms with Crippen LogP contribution in [0.15, 0.2) is 5.16 Å². The van der Waals surface area contributed by atoms with Gasteiger partial charge in [0, 0.05) is 12.8 Å². The highest BCUT2D eigenvalue weighted by Crippen LogP contribution is 2.19. The molecule has 16 heavy (non-hydrogen) atoms. The molecule has 0 saturated heterocycles. The Bertz CT molecular complexity index is 365. The predicted molar refractivity (Wildman–Crippen MR) is 62.3 cm³/mol. The van der Waals surface area contributed by atoms with E-state index < -0.39 is 0 Å². The van der Waals surface area contributed by atoms with E-state index in [1.165, 1.54) is 11.8 Å². The molecule has 0 aliphatic carbocycles. The van der Waals surface area contributed by atoms with Crippen LogP contribution >= 0.6 is 11.8 Å². The molecule has 1 aromatic rings. The van der Waals surface area contributed by atoms with Gasteiger partial charge in [0.15, 0.2) is 5.16 Å². The van der Waals surface area contributed by atoms with Gasteiger partial charge in [-0.15, -0.1) is 10.2 Å². The summed E-state index contributed by atoms with van der Waals surface area (Å²) in [4.78, 5) is 11.4. The number of thioether (sulfide) groups is 1. The van der Waals surface area contributed by atoms with Gasteiger partial charge in [-0.1, -0.05) is 18.7 Å². The fraction of sp³-hybridized carbons (Fsp3) is 0.700. The Labute approximate surface area is 99.6 Å². The summed E-state index contributed by atoms with van der Waals surface area (Å²) < 4.78 is 6.84. The highest BCUT2D eigenvalue weighted by atomic mass is 32.2. The van der Waals surface area contributed by atoms with Crippen molar-refractivity contribution in [2.45, 2.75) is 25.9 Å². The summed E-state index contributed by atoms with van der Waals surface area (Å²) >= 11 is 1.52. The first kappa shape index (κ1) is 13.0. The van der Waals surface area contributed by atoms with Crippen molar-refractivity contribution in [3.05, 3.63) is 5.82 Å². The number of rotatable bonds is 5. The van der Waals surface area contributed by atoms with Crippen molar-refractivity contribution in [2.24, 2.45) is 13.0 Å². The average Bonchev–Trinajstić information content (AvgIpc) is 2.57. The predicted octanol–water partition coefficient (Wildman–Crippen LogP) is 1.41. The Morgan fingerprint density at radius 1 is 1.56 bits per heavy atom. The minimum absolute atomic E-state index is 0.123. The molecular formula is C10H17N3O2S. The third kappa shape index (κ3) is 3.23. The van der Waals surface area contributed by atoms with E-state index in [2.05, 4.69) is 10.2 Å². The van der Waals surface area contributed by atoms with Crippen LogP contribution in [0, 0.1) is 12.8 Å². The standard InChI is InChI=1S/C10H17N3O2S/c1-5-15-9(14)7(2)6-16-10-12-11-8(3)13(10)4/h7H,5-6H2,1-4H3. The first-order valence-electron chi connectivity index (χ1n) is 5.21. The third-order valence-electron chi connectivity index (χ3n) is 2.20. The lowest BCUT2D eigenvalue weighted by molar-refractivity contribution is -0.146.